The number of hydrogen-bond donors (Lipinski definition) is 1. The minimum absolute atomic E-state index is 0.193. The van der Waals surface area contributed by atoms with E-state index in [1.165, 1.54) is 11.3 Å². The molecule has 6 heteroatoms. The Morgan fingerprint density at radius 1 is 1.00 bits per heavy atom. The molecule has 0 bridgehead atoms. The van der Waals surface area contributed by atoms with E-state index in [2.05, 4.69) is 57.4 Å². The van der Waals surface area contributed by atoms with E-state index in [9.17, 15) is 4.79 Å². The quantitative estimate of drug-likeness (QED) is 0.724. The van der Waals surface area contributed by atoms with Gasteiger partial charge in [0.05, 0.1) is 11.6 Å². The molecule has 1 N–H and O–H groups in total. The van der Waals surface area contributed by atoms with Crippen LogP contribution in [0, 0.1) is 18.3 Å². The van der Waals surface area contributed by atoms with Gasteiger partial charge in [0.1, 0.15) is 5.82 Å². The molecule has 1 aromatic heterocycles. The summed E-state index contributed by atoms with van der Waals surface area (Å²) >= 11 is 0. The van der Waals surface area contributed by atoms with E-state index < -0.39 is 0 Å². The van der Waals surface area contributed by atoms with Crippen molar-refractivity contribution in [2.75, 3.05) is 41.3 Å². The summed E-state index contributed by atoms with van der Waals surface area (Å²) in [7, 11) is 0. The standard InChI is InChI=1S/C24H23N5O/c1-18-3-2-4-22(15-18)28-11-13-29(14-12-28)23-16-20(9-10-26-23)24(30)27-21-7-5-19(17-25)6-8-21/h2-10,15-16H,11-14H2,1H3,(H,27,30). The van der Waals surface area contributed by atoms with Gasteiger partial charge in [-0.2, -0.15) is 5.26 Å². The van der Waals surface area contributed by atoms with Crippen LogP contribution >= 0.6 is 0 Å². The molecular weight excluding hydrogens is 374 g/mol. The molecule has 1 amide bonds. The molecule has 1 aliphatic heterocycles. The summed E-state index contributed by atoms with van der Waals surface area (Å²) in [5, 5.41) is 11.8. The van der Waals surface area contributed by atoms with Crippen LogP contribution in [0.1, 0.15) is 21.5 Å². The number of aromatic nitrogens is 1. The first kappa shape index (κ1) is 19.5. The summed E-state index contributed by atoms with van der Waals surface area (Å²) in [6.07, 6.45) is 1.68. The van der Waals surface area contributed by atoms with Crippen LogP contribution in [0.4, 0.5) is 17.2 Å². The molecule has 150 valence electrons. The average molecular weight is 397 g/mol. The summed E-state index contributed by atoms with van der Waals surface area (Å²) < 4.78 is 0. The molecule has 6 nitrogen and oxygen atoms in total. The maximum Gasteiger partial charge on any atom is 0.255 e. The summed E-state index contributed by atoms with van der Waals surface area (Å²) in [5.74, 6) is 0.619. The number of benzene rings is 2. The van der Waals surface area contributed by atoms with Crippen molar-refractivity contribution in [2.45, 2.75) is 6.92 Å². The predicted molar refractivity (Wildman–Crippen MR) is 119 cm³/mol. The third kappa shape index (κ3) is 4.41. The Balaban J connectivity index is 1.41. The highest BCUT2D eigenvalue weighted by molar-refractivity contribution is 6.04. The van der Waals surface area contributed by atoms with Crippen LogP contribution in [0.25, 0.3) is 0 Å². The van der Waals surface area contributed by atoms with Gasteiger partial charge in [-0.25, -0.2) is 4.98 Å². The SMILES string of the molecule is Cc1cccc(N2CCN(c3cc(C(=O)Nc4ccc(C#N)cc4)ccn3)CC2)c1. The minimum Gasteiger partial charge on any atom is -0.368 e. The molecule has 2 aromatic carbocycles. The van der Waals surface area contributed by atoms with Crippen LogP contribution in [-0.4, -0.2) is 37.1 Å². The number of carbonyl (C=O) groups excluding carboxylic acids is 1. The minimum atomic E-state index is -0.193. The largest absolute Gasteiger partial charge is 0.368 e. The Morgan fingerprint density at radius 2 is 1.73 bits per heavy atom. The molecule has 1 fully saturated rings. The summed E-state index contributed by atoms with van der Waals surface area (Å²) in [4.78, 5) is 21.7. The lowest BCUT2D eigenvalue weighted by molar-refractivity contribution is 0.102. The van der Waals surface area contributed by atoms with Gasteiger partial charge in [-0.15, -0.1) is 0 Å². The Bertz CT molecular complexity index is 1080. The molecule has 0 atom stereocenters. The molecule has 30 heavy (non-hydrogen) atoms. The zero-order valence-electron chi connectivity index (χ0n) is 16.9. The zero-order chi connectivity index (χ0) is 20.9. The fraction of sp³-hybridized carbons (Fsp3) is 0.208. The lowest BCUT2D eigenvalue weighted by atomic mass is 10.2. The fourth-order valence-electron chi connectivity index (χ4n) is 3.58. The zero-order valence-corrected chi connectivity index (χ0v) is 16.9. The normalized spacial score (nSPS) is 13.6. The number of nitrogens with one attached hydrogen (secondary N) is 1. The van der Waals surface area contributed by atoms with Gasteiger partial charge in [0.25, 0.3) is 5.91 Å². The molecule has 2 heterocycles. The van der Waals surface area contributed by atoms with E-state index in [-0.39, 0.29) is 5.91 Å². The number of rotatable bonds is 4. The lowest BCUT2D eigenvalue weighted by Gasteiger charge is -2.37. The van der Waals surface area contributed by atoms with E-state index >= 15 is 0 Å². The molecule has 0 spiro atoms. The third-order valence-electron chi connectivity index (χ3n) is 5.25. The first-order valence-corrected chi connectivity index (χ1v) is 9.96. The van der Waals surface area contributed by atoms with Gasteiger partial charge < -0.3 is 15.1 Å². The Morgan fingerprint density at radius 3 is 2.43 bits per heavy atom. The van der Waals surface area contributed by atoms with Gasteiger partial charge in [0.2, 0.25) is 0 Å². The first-order chi connectivity index (χ1) is 14.6. The summed E-state index contributed by atoms with van der Waals surface area (Å²) in [6, 6.07) is 21.0. The number of piperazine rings is 1. The summed E-state index contributed by atoms with van der Waals surface area (Å²) in [6.45, 7) is 5.63. The highest BCUT2D eigenvalue weighted by Crippen LogP contribution is 2.21. The maximum atomic E-state index is 12.6. The first-order valence-electron chi connectivity index (χ1n) is 9.96. The van der Waals surface area contributed by atoms with Gasteiger partial charge in [-0.3, -0.25) is 4.79 Å². The monoisotopic (exact) mass is 397 g/mol. The van der Waals surface area contributed by atoms with E-state index in [1.807, 2.05) is 6.07 Å². The van der Waals surface area contributed by atoms with Gasteiger partial charge >= 0.3 is 0 Å². The predicted octanol–water partition coefficient (Wildman–Crippen LogP) is 3.84. The van der Waals surface area contributed by atoms with Crippen LogP contribution in [0.3, 0.4) is 0 Å². The second kappa shape index (κ2) is 8.66. The van der Waals surface area contributed by atoms with Crippen LogP contribution in [0.2, 0.25) is 0 Å². The van der Waals surface area contributed by atoms with Crippen LogP contribution in [0.5, 0.6) is 0 Å². The second-order valence-electron chi connectivity index (χ2n) is 7.36. The summed E-state index contributed by atoms with van der Waals surface area (Å²) in [5.41, 5.74) is 4.29. The number of aryl methyl sites for hydroxylation is 1. The molecule has 4 rings (SSSR count). The third-order valence-corrected chi connectivity index (χ3v) is 5.25. The van der Waals surface area contributed by atoms with E-state index in [4.69, 9.17) is 5.26 Å². The molecule has 0 saturated carbocycles. The van der Waals surface area contributed by atoms with Crippen molar-refractivity contribution in [3.05, 3.63) is 83.6 Å². The molecule has 1 aliphatic rings. The number of hydrogen-bond acceptors (Lipinski definition) is 5. The molecule has 0 aliphatic carbocycles. The van der Waals surface area contributed by atoms with Crippen molar-refractivity contribution >= 4 is 23.1 Å². The average Bonchev–Trinajstić information content (AvgIpc) is 2.80. The van der Waals surface area contributed by atoms with E-state index in [0.717, 1.165) is 32.0 Å². The number of nitriles is 1. The van der Waals surface area contributed by atoms with Crippen molar-refractivity contribution in [1.29, 1.82) is 5.26 Å². The second-order valence-corrected chi connectivity index (χ2v) is 7.36. The smallest absolute Gasteiger partial charge is 0.255 e. The molecular formula is C24H23N5O. The Labute approximate surface area is 176 Å². The van der Waals surface area contributed by atoms with Crippen molar-refractivity contribution < 1.29 is 4.79 Å². The molecule has 3 aromatic rings. The number of carbonyl (C=O) groups is 1. The molecule has 1 saturated heterocycles. The van der Waals surface area contributed by atoms with Crippen LogP contribution < -0.4 is 15.1 Å². The lowest BCUT2D eigenvalue weighted by Crippen LogP contribution is -2.46. The van der Waals surface area contributed by atoms with Crippen molar-refractivity contribution in [3.8, 4) is 6.07 Å². The number of nitrogens with zero attached hydrogens (tertiary/aromatic N) is 4. The molecule has 0 unspecified atom stereocenters. The van der Waals surface area contributed by atoms with Crippen molar-refractivity contribution in [3.63, 3.8) is 0 Å². The topological polar surface area (TPSA) is 72.3 Å². The van der Waals surface area contributed by atoms with Crippen molar-refractivity contribution in [2.24, 2.45) is 0 Å². The van der Waals surface area contributed by atoms with E-state index in [1.54, 1.807) is 36.5 Å². The highest BCUT2D eigenvalue weighted by atomic mass is 16.1. The van der Waals surface area contributed by atoms with Gasteiger partial charge in [0.15, 0.2) is 0 Å². The molecule has 0 radical (unpaired) electrons. The maximum absolute atomic E-state index is 12.6. The van der Waals surface area contributed by atoms with Gasteiger partial charge in [-0.1, -0.05) is 12.1 Å². The number of amides is 1. The van der Waals surface area contributed by atoms with Gasteiger partial charge in [-0.05, 0) is 61.0 Å². The Hall–Kier alpha value is -3.85. The Kier molecular flexibility index (Phi) is 5.62. The van der Waals surface area contributed by atoms with Gasteiger partial charge in [0, 0.05) is 49.3 Å². The van der Waals surface area contributed by atoms with E-state index in [0.29, 0.717) is 16.8 Å². The fourth-order valence-corrected chi connectivity index (χ4v) is 3.58. The number of anilines is 3. The van der Waals surface area contributed by atoms with Crippen molar-refractivity contribution in [1.82, 2.24) is 4.98 Å². The highest BCUT2D eigenvalue weighted by Gasteiger charge is 2.19. The van der Waals surface area contributed by atoms with Crippen LogP contribution in [0.15, 0.2) is 66.9 Å². The van der Waals surface area contributed by atoms with Crippen LogP contribution in [-0.2, 0) is 0 Å². The number of pyridine rings is 1.